The molecular weight excluding hydrogens is 256 g/mol. The van der Waals surface area contributed by atoms with Gasteiger partial charge in [0.2, 0.25) is 0 Å². The van der Waals surface area contributed by atoms with Crippen LogP contribution in [0.5, 0.6) is 5.75 Å². The van der Waals surface area contributed by atoms with Crippen molar-refractivity contribution in [2.45, 2.75) is 25.5 Å². The molecule has 0 fully saturated rings. The first-order valence-corrected chi connectivity index (χ1v) is 6.69. The van der Waals surface area contributed by atoms with Gasteiger partial charge in [-0.15, -0.1) is 0 Å². The maximum Gasteiger partial charge on any atom is 0.120 e. The zero-order chi connectivity index (χ0) is 14.8. The maximum absolute atomic E-state index is 9.83. The molecule has 2 unspecified atom stereocenters. The molecule has 1 aromatic rings. The molecule has 1 rings (SSSR count). The van der Waals surface area contributed by atoms with Gasteiger partial charge in [-0.3, -0.25) is 0 Å². The Hall–Kier alpha value is -1.61. The minimum atomic E-state index is -0.592. The lowest BCUT2D eigenvalue weighted by molar-refractivity contribution is 0.102. The van der Waals surface area contributed by atoms with Crippen LogP contribution in [0.4, 0.5) is 0 Å². The van der Waals surface area contributed by atoms with E-state index in [9.17, 15) is 5.11 Å². The number of methoxy groups -OCH3 is 1. The van der Waals surface area contributed by atoms with Gasteiger partial charge in [0.25, 0.3) is 0 Å². The second-order valence-electron chi connectivity index (χ2n) is 4.70. The summed E-state index contributed by atoms with van der Waals surface area (Å²) >= 11 is 0. The van der Waals surface area contributed by atoms with Gasteiger partial charge >= 0.3 is 0 Å². The summed E-state index contributed by atoms with van der Waals surface area (Å²) in [4.78, 5) is 0. The summed E-state index contributed by atoms with van der Waals surface area (Å²) in [5.41, 5.74) is 0.545. The second kappa shape index (κ2) is 9.32. The molecule has 0 aliphatic carbocycles. The summed E-state index contributed by atoms with van der Waals surface area (Å²) in [6, 6.07) is 9.22. The van der Waals surface area contributed by atoms with Crippen LogP contribution in [0.2, 0.25) is 0 Å². The van der Waals surface area contributed by atoms with Crippen LogP contribution in [0.1, 0.15) is 18.9 Å². The zero-order valence-electron chi connectivity index (χ0n) is 12.0. The van der Waals surface area contributed by atoms with Gasteiger partial charge in [-0.05, 0) is 31.5 Å². The molecule has 20 heavy (non-hydrogen) atoms. The molecule has 5 nitrogen and oxygen atoms in total. The number of aliphatic hydroxyl groups is 1. The Morgan fingerprint density at radius 1 is 1.45 bits per heavy atom. The highest BCUT2D eigenvalue weighted by molar-refractivity contribution is 5.36. The van der Waals surface area contributed by atoms with Crippen molar-refractivity contribution < 1.29 is 14.6 Å². The lowest BCUT2D eigenvalue weighted by atomic mass is 10.2. The van der Waals surface area contributed by atoms with E-state index >= 15 is 0 Å². The van der Waals surface area contributed by atoms with Crippen LogP contribution in [0.25, 0.3) is 0 Å². The van der Waals surface area contributed by atoms with E-state index in [1.807, 2.05) is 13.0 Å². The lowest BCUT2D eigenvalue weighted by Gasteiger charge is -2.17. The molecule has 0 bridgehead atoms. The van der Waals surface area contributed by atoms with Gasteiger partial charge in [-0.25, -0.2) is 0 Å². The number of nitrogens with zero attached hydrogens (tertiary/aromatic N) is 1. The van der Waals surface area contributed by atoms with Crippen LogP contribution < -0.4 is 10.1 Å². The van der Waals surface area contributed by atoms with Crippen molar-refractivity contribution in [3.8, 4) is 11.8 Å². The summed E-state index contributed by atoms with van der Waals surface area (Å²) in [5.74, 6) is 0.593. The van der Waals surface area contributed by atoms with Gasteiger partial charge < -0.3 is 19.9 Å². The third-order valence-electron chi connectivity index (χ3n) is 2.86. The minimum Gasteiger partial charge on any atom is -0.491 e. The normalized spacial score (nSPS) is 13.5. The summed E-state index contributed by atoms with van der Waals surface area (Å²) < 4.78 is 10.5. The fourth-order valence-corrected chi connectivity index (χ4v) is 1.64. The van der Waals surface area contributed by atoms with Crippen LogP contribution in [0.3, 0.4) is 0 Å². The van der Waals surface area contributed by atoms with Gasteiger partial charge in [0.15, 0.2) is 0 Å². The topological polar surface area (TPSA) is 74.5 Å². The molecular formula is C15H22N2O3. The Labute approximate surface area is 120 Å². The first-order valence-electron chi connectivity index (χ1n) is 6.69. The Kier molecular flexibility index (Phi) is 7.66. The maximum atomic E-state index is 9.83. The number of ether oxygens (including phenoxy) is 2. The monoisotopic (exact) mass is 278 g/mol. The number of hydrogen-bond acceptors (Lipinski definition) is 5. The fourth-order valence-electron chi connectivity index (χ4n) is 1.64. The standard InChI is InChI=1S/C15H22N2O3/c1-12(6-7-19-2)17-10-14(18)11-20-15-5-3-4-13(8-15)9-16/h3-5,8,12,14,17-18H,6-7,10-11H2,1-2H3. The van der Waals surface area contributed by atoms with Crippen molar-refractivity contribution in [3.63, 3.8) is 0 Å². The number of nitrogens with one attached hydrogen (secondary N) is 1. The highest BCUT2D eigenvalue weighted by Gasteiger charge is 2.08. The molecule has 2 atom stereocenters. The first kappa shape index (κ1) is 16.4. The Morgan fingerprint density at radius 2 is 2.25 bits per heavy atom. The quantitative estimate of drug-likeness (QED) is 0.712. The van der Waals surface area contributed by atoms with Crippen molar-refractivity contribution in [2.24, 2.45) is 0 Å². The van der Waals surface area contributed by atoms with Gasteiger partial charge in [0.1, 0.15) is 18.5 Å². The van der Waals surface area contributed by atoms with Crippen LogP contribution in [0.15, 0.2) is 24.3 Å². The number of rotatable bonds is 9. The summed E-state index contributed by atoms with van der Waals surface area (Å²) in [6.45, 7) is 3.40. The Balaban J connectivity index is 2.25. The first-order chi connectivity index (χ1) is 9.65. The molecule has 0 aliphatic rings. The second-order valence-corrected chi connectivity index (χ2v) is 4.70. The van der Waals surface area contributed by atoms with Gasteiger partial charge in [0.05, 0.1) is 11.6 Å². The molecule has 0 saturated heterocycles. The summed E-state index contributed by atoms with van der Waals surface area (Å²) in [7, 11) is 1.67. The molecule has 2 N–H and O–H groups in total. The van der Waals surface area contributed by atoms with Crippen molar-refractivity contribution in [1.29, 1.82) is 5.26 Å². The Morgan fingerprint density at radius 3 is 2.95 bits per heavy atom. The number of benzene rings is 1. The number of aliphatic hydroxyl groups excluding tert-OH is 1. The molecule has 5 heteroatoms. The van der Waals surface area contributed by atoms with Gasteiger partial charge in [-0.2, -0.15) is 5.26 Å². The van der Waals surface area contributed by atoms with E-state index in [2.05, 4.69) is 5.32 Å². The molecule has 0 heterocycles. The highest BCUT2D eigenvalue weighted by atomic mass is 16.5. The van der Waals surface area contributed by atoms with E-state index in [1.54, 1.807) is 31.4 Å². The van der Waals surface area contributed by atoms with Gasteiger partial charge in [0, 0.05) is 26.3 Å². The third-order valence-corrected chi connectivity index (χ3v) is 2.86. The molecule has 0 aromatic heterocycles. The fraction of sp³-hybridized carbons (Fsp3) is 0.533. The predicted molar refractivity (Wildman–Crippen MR) is 76.6 cm³/mol. The van der Waals surface area contributed by atoms with E-state index in [0.29, 0.717) is 24.5 Å². The van der Waals surface area contributed by atoms with E-state index in [4.69, 9.17) is 14.7 Å². The lowest BCUT2D eigenvalue weighted by Crippen LogP contribution is -2.37. The smallest absolute Gasteiger partial charge is 0.120 e. The average molecular weight is 278 g/mol. The zero-order valence-corrected chi connectivity index (χ0v) is 12.0. The van der Waals surface area contributed by atoms with Gasteiger partial charge in [-0.1, -0.05) is 6.07 Å². The number of hydrogen-bond donors (Lipinski definition) is 2. The molecule has 0 aliphatic heterocycles. The largest absolute Gasteiger partial charge is 0.491 e. The van der Waals surface area contributed by atoms with Crippen LogP contribution >= 0.6 is 0 Å². The SMILES string of the molecule is COCCC(C)NCC(O)COc1cccc(C#N)c1. The summed E-state index contributed by atoms with van der Waals surface area (Å²) in [6.07, 6.45) is 0.305. The average Bonchev–Trinajstić information content (AvgIpc) is 2.49. The third kappa shape index (κ3) is 6.53. The Bertz CT molecular complexity index is 431. The van der Waals surface area contributed by atoms with Crippen molar-refractivity contribution in [2.75, 3.05) is 26.9 Å². The molecule has 1 aromatic carbocycles. The van der Waals surface area contributed by atoms with E-state index in [-0.39, 0.29) is 12.6 Å². The van der Waals surface area contributed by atoms with Crippen molar-refractivity contribution in [1.82, 2.24) is 5.32 Å². The van der Waals surface area contributed by atoms with Crippen LogP contribution in [0, 0.1) is 11.3 Å². The van der Waals surface area contributed by atoms with E-state index in [1.165, 1.54) is 0 Å². The molecule has 0 amide bonds. The molecule has 110 valence electrons. The van der Waals surface area contributed by atoms with Crippen molar-refractivity contribution in [3.05, 3.63) is 29.8 Å². The predicted octanol–water partition coefficient (Wildman–Crippen LogP) is 1.31. The van der Waals surface area contributed by atoms with E-state index < -0.39 is 6.10 Å². The molecule has 0 spiro atoms. The van der Waals surface area contributed by atoms with E-state index in [0.717, 1.165) is 6.42 Å². The molecule has 0 radical (unpaired) electrons. The number of nitriles is 1. The van der Waals surface area contributed by atoms with Crippen LogP contribution in [-0.2, 0) is 4.74 Å². The molecule has 0 saturated carbocycles. The highest BCUT2D eigenvalue weighted by Crippen LogP contribution is 2.12. The van der Waals surface area contributed by atoms with Crippen LogP contribution in [-0.4, -0.2) is 44.1 Å². The van der Waals surface area contributed by atoms with Crippen molar-refractivity contribution >= 4 is 0 Å². The summed E-state index contributed by atoms with van der Waals surface area (Å²) in [5, 5.41) is 21.8. The minimum absolute atomic E-state index is 0.193.